The first kappa shape index (κ1) is 18.9. The van der Waals surface area contributed by atoms with Crippen LogP contribution < -0.4 is 21.0 Å². The Morgan fingerprint density at radius 1 is 0.484 bits per heavy atom. The third kappa shape index (κ3) is 3.52. The predicted molar refractivity (Wildman–Crippen MR) is 131 cm³/mol. The van der Waals surface area contributed by atoms with Gasteiger partial charge in [-0.15, -0.1) is 4.57 Å². The molecule has 0 N–H and O–H groups in total. The quantitative estimate of drug-likeness (QED) is 0.250. The van der Waals surface area contributed by atoms with Crippen molar-refractivity contribution in [1.29, 1.82) is 0 Å². The van der Waals surface area contributed by atoms with E-state index in [0.717, 1.165) is 5.52 Å². The Balaban J connectivity index is 1.82. The molecular formula is C29H22BN. The van der Waals surface area contributed by atoms with Crippen molar-refractivity contribution in [3.8, 4) is 11.9 Å². The molecule has 0 atom stereocenters. The minimum Gasteiger partial charge on any atom is -0.223 e. The lowest BCUT2D eigenvalue weighted by atomic mass is 9.16. The number of nitrogens with zero attached hydrogens (tertiary/aromatic N) is 1. The second kappa shape index (κ2) is 8.34. The molecular weight excluding hydrogens is 373 g/mol. The van der Waals surface area contributed by atoms with E-state index in [1.165, 1.54) is 21.8 Å². The van der Waals surface area contributed by atoms with E-state index in [0.29, 0.717) is 0 Å². The minimum absolute atomic E-state index is 1.11. The van der Waals surface area contributed by atoms with E-state index in [9.17, 15) is 0 Å². The molecule has 0 unspecified atom stereocenters. The number of hydrogen-bond donors (Lipinski definition) is 0. The zero-order chi connectivity index (χ0) is 20.9. The number of hydrogen-bond acceptors (Lipinski definition) is 0. The van der Waals surface area contributed by atoms with E-state index in [-0.39, 0.29) is 0 Å². The molecule has 0 bridgehead atoms. The van der Waals surface area contributed by atoms with E-state index in [1.807, 2.05) is 10.8 Å². The molecule has 1 heterocycles. The lowest BCUT2D eigenvalue weighted by Crippen LogP contribution is -2.66. The molecule has 146 valence electrons. The predicted octanol–water partition coefficient (Wildman–Crippen LogP) is 3.65. The van der Waals surface area contributed by atoms with Crippen LogP contribution in [0.1, 0.15) is 0 Å². The van der Waals surface area contributed by atoms with Gasteiger partial charge in [0.15, 0.2) is 18.4 Å². The van der Waals surface area contributed by atoms with Crippen LogP contribution in [0.5, 0.6) is 0 Å². The third-order valence-corrected chi connectivity index (χ3v) is 6.01. The molecule has 0 radical (unpaired) electrons. The Labute approximate surface area is 183 Å². The summed E-state index contributed by atoms with van der Waals surface area (Å²) >= 11 is 0. The number of fused-ring (bicyclic) bond motifs is 1. The molecule has 0 saturated carbocycles. The van der Waals surface area contributed by atoms with Crippen molar-refractivity contribution in [3.63, 3.8) is 0 Å². The second-order valence-corrected chi connectivity index (χ2v) is 7.79. The summed E-state index contributed by atoms with van der Waals surface area (Å²) in [6.07, 6.45) is 0.555. The average Bonchev–Trinajstić information content (AvgIpc) is 2.86. The molecule has 1 aromatic heterocycles. The fourth-order valence-corrected chi connectivity index (χ4v) is 4.48. The van der Waals surface area contributed by atoms with Crippen molar-refractivity contribution in [3.05, 3.63) is 134 Å². The summed E-state index contributed by atoms with van der Waals surface area (Å²) < 4.78 is 2.04. The number of pyridine rings is 1. The van der Waals surface area contributed by atoms with Gasteiger partial charge in [-0.2, -0.15) is 16.4 Å². The van der Waals surface area contributed by atoms with E-state index in [4.69, 9.17) is 0 Å². The molecule has 4 aromatic carbocycles. The fourth-order valence-electron chi connectivity index (χ4n) is 4.48. The zero-order valence-corrected chi connectivity index (χ0v) is 17.2. The Morgan fingerprint density at radius 2 is 0.935 bits per heavy atom. The summed E-state index contributed by atoms with van der Waals surface area (Å²) in [5.41, 5.74) is 4.76. The van der Waals surface area contributed by atoms with Gasteiger partial charge in [0.05, 0.1) is 0 Å². The third-order valence-electron chi connectivity index (χ3n) is 6.01. The van der Waals surface area contributed by atoms with Crippen LogP contribution >= 0.6 is 0 Å². The normalized spacial score (nSPS) is 11.0. The molecule has 1 nitrogen and oxygen atoms in total. The van der Waals surface area contributed by atoms with Crippen molar-refractivity contribution >= 4 is 33.4 Å². The van der Waals surface area contributed by atoms with Crippen molar-refractivity contribution in [1.82, 2.24) is 0 Å². The van der Waals surface area contributed by atoms with Gasteiger partial charge in [0.25, 0.3) is 0 Å². The van der Waals surface area contributed by atoms with Gasteiger partial charge in [-0.3, -0.25) is 0 Å². The van der Waals surface area contributed by atoms with Gasteiger partial charge < -0.3 is 0 Å². The van der Waals surface area contributed by atoms with Gasteiger partial charge in [0, 0.05) is 17.5 Å². The summed E-state index contributed by atoms with van der Waals surface area (Å²) in [6.45, 7) is 0. The van der Waals surface area contributed by atoms with Crippen LogP contribution in [-0.4, -0.2) is 6.15 Å². The summed E-state index contributed by atoms with van der Waals surface area (Å²) in [5, 5.41) is 1.18. The van der Waals surface area contributed by atoms with Crippen LogP contribution in [-0.2, 0) is 0 Å². The van der Waals surface area contributed by atoms with E-state index in [1.54, 1.807) is 0 Å². The molecule has 0 fully saturated rings. The highest BCUT2D eigenvalue weighted by molar-refractivity contribution is 7.16. The van der Waals surface area contributed by atoms with Gasteiger partial charge in [0.2, 0.25) is 5.52 Å². The molecule has 31 heavy (non-hydrogen) atoms. The topological polar surface area (TPSA) is 3.88 Å². The van der Waals surface area contributed by atoms with Gasteiger partial charge in [-0.05, 0) is 12.1 Å². The average molecular weight is 395 g/mol. The zero-order valence-electron chi connectivity index (χ0n) is 17.2. The standard InChI is InChI=1S/C29H22BN/c1-4-15-26(16-5-1)30(27-17-6-2-7-18-27,28-19-8-3-9-20-28)22-24-31-23-12-14-25-13-10-11-21-29(25)31/h1-21,23H. The second-order valence-electron chi connectivity index (χ2n) is 7.79. The molecule has 0 spiro atoms. The van der Waals surface area contributed by atoms with Crippen molar-refractivity contribution in [2.75, 3.05) is 0 Å². The summed E-state index contributed by atoms with van der Waals surface area (Å²) in [6, 6.07) is 48.0. The van der Waals surface area contributed by atoms with Gasteiger partial charge in [-0.25, -0.2) is 5.82 Å². The molecule has 0 amide bonds. The molecule has 0 aliphatic heterocycles. The maximum Gasteiger partial charge on any atom is 0.228 e. The molecule has 0 saturated heterocycles. The summed E-state index contributed by atoms with van der Waals surface area (Å²) in [5.74, 6) is 3.77. The molecule has 0 aliphatic rings. The van der Waals surface area contributed by atoms with Crippen LogP contribution in [0.15, 0.2) is 134 Å². The monoisotopic (exact) mass is 395 g/mol. The van der Waals surface area contributed by atoms with Gasteiger partial charge >= 0.3 is 0 Å². The van der Waals surface area contributed by atoms with E-state index in [2.05, 4.69) is 139 Å². The molecule has 5 rings (SSSR count). The number of benzene rings is 4. The first-order chi connectivity index (χ1) is 15.4. The molecule has 2 heteroatoms. The highest BCUT2D eigenvalue weighted by Gasteiger charge is 2.28. The highest BCUT2D eigenvalue weighted by atomic mass is 14.9. The maximum absolute atomic E-state index is 3.77. The fraction of sp³-hybridized carbons (Fsp3) is 0. The Bertz CT molecular complexity index is 1270. The number of aromatic nitrogens is 1. The SMILES string of the molecule is C(#C[B-](c1ccccc1)(c1ccccc1)c1ccccc1)[n+]1cccc2ccccc21. The highest BCUT2D eigenvalue weighted by Crippen LogP contribution is 2.09. The first-order valence-electron chi connectivity index (χ1n) is 10.6. The lowest BCUT2D eigenvalue weighted by molar-refractivity contribution is -0.554. The van der Waals surface area contributed by atoms with Crippen LogP contribution in [0, 0.1) is 11.9 Å². The van der Waals surface area contributed by atoms with E-state index < -0.39 is 6.15 Å². The number of rotatable bonds is 3. The van der Waals surface area contributed by atoms with Crippen LogP contribution in [0.4, 0.5) is 0 Å². The van der Waals surface area contributed by atoms with Crippen molar-refractivity contribution in [2.45, 2.75) is 0 Å². The lowest BCUT2D eigenvalue weighted by Gasteiger charge is -2.37. The summed E-state index contributed by atoms with van der Waals surface area (Å²) in [4.78, 5) is 0. The largest absolute Gasteiger partial charge is 0.228 e. The Hall–Kier alpha value is -4.09. The van der Waals surface area contributed by atoms with E-state index >= 15 is 0 Å². The van der Waals surface area contributed by atoms with Crippen molar-refractivity contribution in [2.24, 2.45) is 0 Å². The van der Waals surface area contributed by atoms with Crippen molar-refractivity contribution < 1.29 is 4.57 Å². The first-order valence-corrected chi connectivity index (χ1v) is 10.6. The number of para-hydroxylation sites is 1. The van der Waals surface area contributed by atoms with Crippen LogP contribution in [0.2, 0.25) is 0 Å². The van der Waals surface area contributed by atoms with Gasteiger partial charge in [0.1, 0.15) is 0 Å². The van der Waals surface area contributed by atoms with Crippen LogP contribution in [0.25, 0.3) is 10.9 Å². The molecule has 5 aromatic rings. The van der Waals surface area contributed by atoms with Gasteiger partial charge in [-0.1, -0.05) is 103 Å². The summed E-state index contributed by atoms with van der Waals surface area (Å²) in [7, 11) is 0. The Morgan fingerprint density at radius 3 is 1.48 bits per heavy atom. The maximum atomic E-state index is 3.77. The Kier molecular flexibility index (Phi) is 5.09. The smallest absolute Gasteiger partial charge is 0.223 e. The molecule has 0 aliphatic carbocycles. The minimum atomic E-state index is -1.48. The van der Waals surface area contributed by atoms with Crippen LogP contribution in [0.3, 0.4) is 0 Å².